The van der Waals surface area contributed by atoms with Gasteiger partial charge in [0, 0.05) is 13.0 Å². The normalized spacial score (nSPS) is 14.3. The van der Waals surface area contributed by atoms with E-state index < -0.39 is 24.0 Å². The molecule has 0 unspecified atom stereocenters. The molecule has 0 saturated heterocycles. The van der Waals surface area contributed by atoms with Crippen molar-refractivity contribution in [2.75, 3.05) is 14.2 Å². The molecular weight excluding hydrogens is 284 g/mol. The van der Waals surface area contributed by atoms with Crippen LogP contribution >= 0.6 is 0 Å². The van der Waals surface area contributed by atoms with Gasteiger partial charge in [-0.15, -0.1) is 0 Å². The summed E-state index contributed by atoms with van der Waals surface area (Å²) < 4.78 is 9.89. The number of ether oxygens (including phenoxy) is 2. The summed E-state index contributed by atoms with van der Waals surface area (Å²) in [4.78, 5) is 24.1. The second kappa shape index (κ2) is 8.80. The van der Waals surface area contributed by atoms with Gasteiger partial charge in [0.2, 0.25) is 0 Å². The van der Waals surface area contributed by atoms with E-state index in [1.54, 1.807) is 31.2 Å². The van der Waals surface area contributed by atoms with Crippen LogP contribution in [-0.2, 0) is 19.1 Å². The number of amides is 1. The van der Waals surface area contributed by atoms with Crippen LogP contribution < -0.4 is 5.32 Å². The van der Waals surface area contributed by atoms with Gasteiger partial charge in [0.1, 0.15) is 6.04 Å². The topological polar surface area (TPSA) is 88.4 Å². The number of methoxy groups -OCH3 is 2. The lowest BCUT2D eigenvalue weighted by Gasteiger charge is -2.21. The minimum Gasteiger partial charge on any atom is -0.467 e. The van der Waals surface area contributed by atoms with Crippen molar-refractivity contribution in [2.24, 2.45) is 5.92 Å². The summed E-state index contributed by atoms with van der Waals surface area (Å²) in [6.45, 7) is 1.67. The fraction of sp³-hybridized carbons (Fsp3) is 0.438. The first-order valence-corrected chi connectivity index (χ1v) is 6.89. The third-order valence-electron chi connectivity index (χ3n) is 3.19. The molecule has 0 aromatic heterocycles. The molecule has 0 radical (unpaired) electrons. The molecule has 118 valence electrons. The fourth-order valence-electron chi connectivity index (χ4n) is 2.03. The monoisotopic (exact) mass is 304 g/mol. The van der Waals surface area contributed by atoms with Gasteiger partial charge in [-0.3, -0.25) is 4.79 Å². The molecule has 0 bridgehead atoms. The number of nitrogens with zero attached hydrogens (tertiary/aromatic N) is 1. The van der Waals surface area contributed by atoms with Crippen LogP contribution in [0.15, 0.2) is 30.3 Å². The van der Waals surface area contributed by atoms with Gasteiger partial charge < -0.3 is 14.8 Å². The maximum atomic E-state index is 12.3. The first-order chi connectivity index (χ1) is 10.5. The van der Waals surface area contributed by atoms with Crippen LogP contribution in [0.1, 0.15) is 25.0 Å². The highest BCUT2D eigenvalue weighted by Crippen LogP contribution is 2.17. The third-order valence-corrected chi connectivity index (χ3v) is 3.19. The number of nitrogens with one attached hydrogen (secondary N) is 1. The van der Waals surface area contributed by atoms with Gasteiger partial charge in [0.05, 0.1) is 13.2 Å². The number of carbonyl (C=O) groups excluding carboxylic acids is 2. The molecule has 22 heavy (non-hydrogen) atoms. The Bertz CT molecular complexity index is 539. The maximum absolute atomic E-state index is 12.3. The number of nitriles is 1. The highest BCUT2D eigenvalue weighted by Gasteiger charge is 2.28. The average Bonchev–Trinajstić information content (AvgIpc) is 2.55. The van der Waals surface area contributed by atoms with Crippen molar-refractivity contribution < 1.29 is 19.1 Å². The molecule has 1 N–H and O–H groups in total. The SMILES string of the molecule is COC(=O)[C@@H](C[C@@H](C)C#N)NC(=O)[C@H](OC)c1ccccc1. The third kappa shape index (κ3) is 4.86. The molecule has 1 aromatic carbocycles. The quantitative estimate of drug-likeness (QED) is 0.773. The van der Waals surface area contributed by atoms with Gasteiger partial charge in [0.15, 0.2) is 6.10 Å². The summed E-state index contributed by atoms with van der Waals surface area (Å²) in [7, 11) is 2.66. The van der Waals surface area contributed by atoms with Crippen LogP contribution in [0, 0.1) is 17.2 Å². The molecule has 3 atom stereocenters. The van der Waals surface area contributed by atoms with Gasteiger partial charge in [-0.2, -0.15) is 5.26 Å². The Kier molecular flexibility index (Phi) is 7.06. The molecule has 0 heterocycles. The Labute approximate surface area is 130 Å². The van der Waals surface area contributed by atoms with E-state index in [0.29, 0.717) is 5.56 Å². The van der Waals surface area contributed by atoms with E-state index in [4.69, 9.17) is 10.00 Å². The number of rotatable bonds is 7. The summed E-state index contributed by atoms with van der Waals surface area (Å²) in [5.74, 6) is -1.42. The first kappa shape index (κ1) is 17.7. The Morgan fingerprint density at radius 2 is 1.91 bits per heavy atom. The van der Waals surface area contributed by atoms with Crippen molar-refractivity contribution in [3.8, 4) is 6.07 Å². The van der Waals surface area contributed by atoms with Crippen molar-refractivity contribution in [1.29, 1.82) is 5.26 Å². The Hall–Kier alpha value is -2.39. The average molecular weight is 304 g/mol. The lowest BCUT2D eigenvalue weighted by atomic mass is 10.0. The van der Waals surface area contributed by atoms with Crippen molar-refractivity contribution >= 4 is 11.9 Å². The second-order valence-electron chi connectivity index (χ2n) is 4.88. The minimum absolute atomic E-state index is 0.181. The van der Waals surface area contributed by atoms with Gasteiger partial charge in [-0.1, -0.05) is 30.3 Å². The van der Waals surface area contributed by atoms with E-state index in [9.17, 15) is 9.59 Å². The zero-order valence-corrected chi connectivity index (χ0v) is 12.9. The van der Waals surface area contributed by atoms with Crippen molar-refractivity contribution in [3.63, 3.8) is 0 Å². The number of carbonyl (C=O) groups is 2. The molecule has 0 spiro atoms. The zero-order valence-electron chi connectivity index (χ0n) is 12.9. The Morgan fingerprint density at radius 3 is 2.41 bits per heavy atom. The molecule has 1 amide bonds. The molecule has 6 heteroatoms. The number of hydrogen-bond donors (Lipinski definition) is 1. The minimum atomic E-state index is -0.881. The number of benzene rings is 1. The van der Waals surface area contributed by atoms with Gasteiger partial charge >= 0.3 is 5.97 Å². The van der Waals surface area contributed by atoms with E-state index in [2.05, 4.69) is 10.1 Å². The molecule has 0 fully saturated rings. The van der Waals surface area contributed by atoms with Gasteiger partial charge in [-0.25, -0.2) is 4.79 Å². The van der Waals surface area contributed by atoms with Crippen molar-refractivity contribution in [1.82, 2.24) is 5.32 Å². The number of esters is 1. The molecule has 1 rings (SSSR count). The first-order valence-electron chi connectivity index (χ1n) is 6.89. The van der Waals surface area contributed by atoms with E-state index in [1.807, 2.05) is 12.1 Å². The Balaban J connectivity index is 2.85. The summed E-state index contributed by atoms with van der Waals surface area (Å²) in [5.41, 5.74) is 0.680. The predicted octanol–water partition coefficient (Wildman–Crippen LogP) is 1.58. The summed E-state index contributed by atoms with van der Waals surface area (Å²) in [6, 6.07) is 10.1. The molecule has 0 saturated carbocycles. The van der Waals surface area contributed by atoms with Crippen LogP contribution in [0.5, 0.6) is 0 Å². The highest BCUT2D eigenvalue weighted by atomic mass is 16.5. The van der Waals surface area contributed by atoms with Gasteiger partial charge in [-0.05, 0) is 18.9 Å². The van der Waals surface area contributed by atoms with Crippen LogP contribution in [0.3, 0.4) is 0 Å². The summed E-state index contributed by atoms with van der Waals surface area (Å²) >= 11 is 0. The van der Waals surface area contributed by atoms with Crippen LogP contribution in [0.4, 0.5) is 0 Å². The lowest BCUT2D eigenvalue weighted by Crippen LogP contribution is -2.44. The highest BCUT2D eigenvalue weighted by molar-refractivity contribution is 5.87. The molecular formula is C16H20N2O4. The van der Waals surface area contributed by atoms with E-state index in [1.165, 1.54) is 14.2 Å². The lowest BCUT2D eigenvalue weighted by molar-refractivity contribution is -0.147. The standard InChI is InChI=1S/C16H20N2O4/c1-11(10-17)9-13(16(20)22-3)18-15(19)14(21-2)12-7-5-4-6-8-12/h4-8,11,13-14H,9H2,1-3H3,(H,18,19)/t11-,13-,14-/m1/s1. The largest absolute Gasteiger partial charge is 0.467 e. The molecule has 0 aliphatic heterocycles. The van der Waals surface area contributed by atoms with Crippen molar-refractivity contribution in [2.45, 2.75) is 25.5 Å². The number of hydrogen-bond acceptors (Lipinski definition) is 5. The molecule has 1 aromatic rings. The zero-order chi connectivity index (χ0) is 16.5. The fourth-order valence-corrected chi connectivity index (χ4v) is 2.03. The van der Waals surface area contributed by atoms with E-state index >= 15 is 0 Å². The van der Waals surface area contributed by atoms with Crippen LogP contribution in [0.25, 0.3) is 0 Å². The van der Waals surface area contributed by atoms with E-state index in [0.717, 1.165) is 0 Å². The molecule has 0 aliphatic rings. The second-order valence-corrected chi connectivity index (χ2v) is 4.88. The van der Waals surface area contributed by atoms with Crippen LogP contribution in [0.2, 0.25) is 0 Å². The summed E-state index contributed by atoms with van der Waals surface area (Å²) in [6.07, 6.45) is -0.647. The smallest absolute Gasteiger partial charge is 0.328 e. The summed E-state index contributed by atoms with van der Waals surface area (Å²) in [5, 5.41) is 11.5. The predicted molar refractivity (Wildman–Crippen MR) is 79.5 cm³/mol. The maximum Gasteiger partial charge on any atom is 0.328 e. The van der Waals surface area contributed by atoms with Crippen molar-refractivity contribution in [3.05, 3.63) is 35.9 Å². The Morgan fingerprint density at radius 1 is 1.27 bits per heavy atom. The molecule has 0 aliphatic carbocycles. The van der Waals surface area contributed by atoms with Gasteiger partial charge in [0.25, 0.3) is 5.91 Å². The van der Waals surface area contributed by atoms with E-state index in [-0.39, 0.29) is 12.3 Å². The molecule has 6 nitrogen and oxygen atoms in total. The van der Waals surface area contributed by atoms with Crippen LogP contribution in [-0.4, -0.2) is 32.1 Å².